The molecule has 4 aromatic rings. The quantitative estimate of drug-likeness (QED) is 0.0950. The standard InChI is InChI=1S/C36H28N2O4/c1-25(2)36(41-34(39)30(23-37)32(26-15-7-3-8-16-26)27-17-9-4-10-18-27)42-35(40)31(24-38)33(28-19-11-5-12-20-28)29-21-13-6-14-22-29/h3-22,25,36H,1-2H3. The Bertz CT molecular complexity index is 1470. The summed E-state index contributed by atoms with van der Waals surface area (Å²) in [4.78, 5) is 27.0. The predicted octanol–water partition coefficient (Wildman–Crippen LogP) is 7.11. The van der Waals surface area contributed by atoms with E-state index in [9.17, 15) is 20.1 Å². The molecule has 0 aromatic heterocycles. The molecule has 0 bridgehead atoms. The van der Waals surface area contributed by atoms with Crippen LogP contribution in [-0.4, -0.2) is 18.2 Å². The van der Waals surface area contributed by atoms with E-state index in [1.807, 2.05) is 84.9 Å². The van der Waals surface area contributed by atoms with Crippen molar-refractivity contribution in [3.63, 3.8) is 0 Å². The van der Waals surface area contributed by atoms with Crippen LogP contribution in [0, 0.1) is 28.6 Å². The number of benzene rings is 4. The highest BCUT2D eigenvalue weighted by molar-refractivity contribution is 6.06. The first kappa shape index (κ1) is 29.3. The van der Waals surface area contributed by atoms with Crippen molar-refractivity contribution in [1.29, 1.82) is 10.5 Å². The maximum Gasteiger partial charge on any atom is 0.352 e. The molecule has 6 nitrogen and oxygen atoms in total. The smallest absolute Gasteiger partial charge is 0.352 e. The van der Waals surface area contributed by atoms with E-state index in [0.717, 1.165) is 0 Å². The van der Waals surface area contributed by atoms with E-state index in [4.69, 9.17) is 9.47 Å². The third-order valence-corrected chi connectivity index (χ3v) is 6.37. The Morgan fingerprint density at radius 3 is 1.00 bits per heavy atom. The van der Waals surface area contributed by atoms with Gasteiger partial charge in [0.15, 0.2) is 0 Å². The summed E-state index contributed by atoms with van der Waals surface area (Å²) >= 11 is 0. The van der Waals surface area contributed by atoms with Crippen LogP contribution in [0.25, 0.3) is 11.1 Å². The largest absolute Gasteiger partial charge is 0.421 e. The summed E-state index contributed by atoms with van der Waals surface area (Å²) < 4.78 is 11.3. The fourth-order valence-electron chi connectivity index (χ4n) is 4.36. The number of hydrogen-bond acceptors (Lipinski definition) is 6. The van der Waals surface area contributed by atoms with Crippen LogP contribution in [0.3, 0.4) is 0 Å². The van der Waals surface area contributed by atoms with Crippen LogP contribution >= 0.6 is 0 Å². The molecule has 0 aliphatic carbocycles. The Kier molecular flexibility index (Phi) is 9.81. The number of ether oxygens (including phenoxy) is 2. The number of nitriles is 2. The SMILES string of the molecule is CC(C)C(OC(=O)C(C#N)=C(c1ccccc1)c1ccccc1)OC(=O)C(C#N)=C(c1ccccc1)c1ccccc1. The minimum absolute atomic E-state index is 0.237. The van der Waals surface area contributed by atoms with Gasteiger partial charge in [0.2, 0.25) is 6.29 Å². The number of carbonyl (C=O) groups excluding carboxylic acids is 2. The monoisotopic (exact) mass is 552 g/mol. The molecule has 0 N–H and O–H groups in total. The Morgan fingerprint density at radius 1 is 0.524 bits per heavy atom. The van der Waals surface area contributed by atoms with E-state index in [-0.39, 0.29) is 11.1 Å². The minimum atomic E-state index is -1.36. The van der Waals surface area contributed by atoms with Crippen LogP contribution in [0.4, 0.5) is 0 Å². The summed E-state index contributed by atoms with van der Waals surface area (Å²) in [6.07, 6.45) is -1.36. The number of carbonyl (C=O) groups is 2. The maximum atomic E-state index is 13.5. The van der Waals surface area contributed by atoms with E-state index < -0.39 is 24.1 Å². The fraction of sp³-hybridized carbons (Fsp3) is 0.111. The molecule has 0 radical (unpaired) electrons. The molecule has 0 fully saturated rings. The van der Waals surface area contributed by atoms with Gasteiger partial charge >= 0.3 is 11.9 Å². The van der Waals surface area contributed by atoms with Crippen LogP contribution in [-0.2, 0) is 19.1 Å². The average Bonchev–Trinajstić information content (AvgIpc) is 3.03. The molecule has 0 saturated heterocycles. The van der Waals surface area contributed by atoms with Gasteiger partial charge < -0.3 is 9.47 Å². The van der Waals surface area contributed by atoms with E-state index in [1.54, 1.807) is 62.4 Å². The zero-order valence-electron chi connectivity index (χ0n) is 23.2. The van der Waals surface area contributed by atoms with Crippen molar-refractivity contribution in [1.82, 2.24) is 0 Å². The van der Waals surface area contributed by atoms with Crippen molar-refractivity contribution >= 4 is 23.1 Å². The van der Waals surface area contributed by atoms with Gasteiger partial charge in [-0.25, -0.2) is 9.59 Å². The molecule has 42 heavy (non-hydrogen) atoms. The van der Waals surface area contributed by atoms with Gasteiger partial charge in [-0.2, -0.15) is 10.5 Å². The van der Waals surface area contributed by atoms with Gasteiger partial charge in [0.25, 0.3) is 0 Å². The first-order chi connectivity index (χ1) is 20.4. The molecule has 0 saturated carbocycles. The summed E-state index contributed by atoms with van der Waals surface area (Å²) in [7, 11) is 0. The zero-order chi connectivity index (χ0) is 29.9. The van der Waals surface area contributed by atoms with Crippen molar-refractivity contribution < 1.29 is 19.1 Å². The number of hydrogen-bond donors (Lipinski definition) is 0. The highest BCUT2D eigenvalue weighted by Gasteiger charge is 2.30. The van der Waals surface area contributed by atoms with Crippen molar-refractivity contribution in [2.45, 2.75) is 20.1 Å². The summed E-state index contributed by atoms with van der Waals surface area (Å²) in [6.45, 7) is 3.42. The Hall–Kier alpha value is -5.72. The predicted molar refractivity (Wildman–Crippen MR) is 160 cm³/mol. The van der Waals surface area contributed by atoms with Crippen molar-refractivity contribution in [3.05, 3.63) is 155 Å². The first-order valence-corrected chi connectivity index (χ1v) is 13.4. The highest BCUT2D eigenvalue weighted by atomic mass is 16.7. The molecule has 4 rings (SSSR count). The van der Waals surface area contributed by atoms with E-state index in [2.05, 4.69) is 0 Å². The molecule has 0 amide bonds. The van der Waals surface area contributed by atoms with Crippen molar-refractivity contribution in [2.24, 2.45) is 5.92 Å². The van der Waals surface area contributed by atoms with E-state index >= 15 is 0 Å². The first-order valence-electron chi connectivity index (χ1n) is 13.4. The van der Waals surface area contributed by atoms with Gasteiger partial charge in [-0.3, -0.25) is 0 Å². The van der Waals surface area contributed by atoms with Gasteiger partial charge in [-0.05, 0) is 22.3 Å². The normalized spacial score (nSPS) is 10.2. The van der Waals surface area contributed by atoms with Gasteiger partial charge in [0.05, 0.1) is 0 Å². The highest BCUT2D eigenvalue weighted by Crippen LogP contribution is 2.30. The molecule has 0 unspecified atom stereocenters. The lowest BCUT2D eigenvalue weighted by Crippen LogP contribution is -2.30. The fourth-order valence-corrected chi connectivity index (χ4v) is 4.36. The topological polar surface area (TPSA) is 100 Å². The molecule has 0 aliphatic rings. The van der Waals surface area contributed by atoms with Gasteiger partial charge in [-0.1, -0.05) is 135 Å². The molecular formula is C36H28N2O4. The second kappa shape index (κ2) is 14.1. The molecule has 206 valence electrons. The summed E-state index contributed by atoms with van der Waals surface area (Å²) in [5, 5.41) is 20.2. The Labute approximate surface area is 245 Å². The molecule has 0 atom stereocenters. The van der Waals surface area contributed by atoms with Gasteiger partial charge in [-0.15, -0.1) is 0 Å². The Balaban J connectivity index is 1.72. The summed E-state index contributed by atoms with van der Waals surface area (Å²) in [5.74, 6) is -2.37. The lowest BCUT2D eigenvalue weighted by molar-refractivity contribution is -0.189. The molecule has 6 heteroatoms. The third kappa shape index (κ3) is 6.88. The molecule has 0 aliphatic heterocycles. The zero-order valence-corrected chi connectivity index (χ0v) is 23.2. The van der Waals surface area contributed by atoms with E-state index in [1.165, 1.54) is 0 Å². The van der Waals surface area contributed by atoms with Crippen LogP contribution in [0.15, 0.2) is 132 Å². The molecular weight excluding hydrogens is 524 g/mol. The van der Waals surface area contributed by atoms with Crippen LogP contribution in [0.1, 0.15) is 36.1 Å². The van der Waals surface area contributed by atoms with Crippen LogP contribution in [0.2, 0.25) is 0 Å². The van der Waals surface area contributed by atoms with Gasteiger partial charge in [0, 0.05) is 17.1 Å². The summed E-state index contributed by atoms with van der Waals surface area (Å²) in [6, 6.07) is 40.2. The van der Waals surface area contributed by atoms with Crippen LogP contribution in [0.5, 0.6) is 0 Å². The number of rotatable bonds is 9. The minimum Gasteiger partial charge on any atom is -0.421 e. The Morgan fingerprint density at radius 2 is 0.786 bits per heavy atom. The van der Waals surface area contributed by atoms with Crippen molar-refractivity contribution in [3.8, 4) is 12.1 Å². The van der Waals surface area contributed by atoms with E-state index in [0.29, 0.717) is 33.4 Å². The third-order valence-electron chi connectivity index (χ3n) is 6.37. The lowest BCUT2D eigenvalue weighted by atomic mass is 9.93. The second-order valence-corrected chi connectivity index (χ2v) is 9.61. The summed E-state index contributed by atoms with van der Waals surface area (Å²) in [5.41, 5.74) is 2.93. The molecule has 0 heterocycles. The number of esters is 2. The maximum absolute atomic E-state index is 13.5. The lowest BCUT2D eigenvalue weighted by Gasteiger charge is -2.22. The second-order valence-electron chi connectivity index (χ2n) is 9.61. The molecule has 4 aromatic carbocycles. The van der Waals surface area contributed by atoms with Crippen LogP contribution < -0.4 is 0 Å². The molecule has 0 spiro atoms. The average molecular weight is 553 g/mol. The number of nitrogens with zero attached hydrogens (tertiary/aromatic N) is 2. The van der Waals surface area contributed by atoms with Gasteiger partial charge in [0.1, 0.15) is 23.3 Å². The van der Waals surface area contributed by atoms with Crippen molar-refractivity contribution in [2.75, 3.05) is 0 Å².